The molecule has 0 radical (unpaired) electrons. The van der Waals surface area contributed by atoms with Crippen LogP contribution in [0.5, 0.6) is 5.75 Å². The van der Waals surface area contributed by atoms with Crippen molar-refractivity contribution in [3.63, 3.8) is 0 Å². The van der Waals surface area contributed by atoms with Crippen LogP contribution in [0.15, 0.2) is 50.4 Å². The molecule has 0 unspecified atom stereocenters. The molecular weight excluding hydrogens is 462 g/mol. The number of halogens is 1. The van der Waals surface area contributed by atoms with E-state index in [0.717, 1.165) is 25.8 Å². The van der Waals surface area contributed by atoms with Gasteiger partial charge in [-0.3, -0.25) is 4.79 Å². The molecular formula is C18H18BrN5O2S2. The van der Waals surface area contributed by atoms with Gasteiger partial charge in [-0.1, -0.05) is 11.8 Å². The van der Waals surface area contributed by atoms with Crippen molar-refractivity contribution in [2.45, 2.75) is 18.6 Å². The quantitative estimate of drug-likeness (QED) is 0.299. The van der Waals surface area contributed by atoms with E-state index in [0.29, 0.717) is 11.7 Å². The maximum absolute atomic E-state index is 12.0. The van der Waals surface area contributed by atoms with Crippen LogP contribution in [0.4, 0.5) is 0 Å². The van der Waals surface area contributed by atoms with Crippen molar-refractivity contribution in [1.82, 2.24) is 20.2 Å². The number of carbonyl (C=O) groups excluding carboxylic acids is 1. The van der Waals surface area contributed by atoms with Crippen molar-refractivity contribution in [2.24, 2.45) is 5.10 Å². The minimum absolute atomic E-state index is 0.200. The first-order valence-electron chi connectivity index (χ1n) is 8.38. The van der Waals surface area contributed by atoms with Crippen LogP contribution in [0.3, 0.4) is 0 Å². The molecule has 1 N–H and O–H groups in total. The number of nitrogens with one attached hydrogen (secondary N) is 1. The van der Waals surface area contributed by atoms with Gasteiger partial charge in [0.25, 0.3) is 5.91 Å². The molecule has 7 nitrogen and oxygen atoms in total. The number of hydrogen-bond acceptors (Lipinski definition) is 7. The molecule has 2 heterocycles. The molecule has 0 aliphatic rings. The zero-order chi connectivity index (χ0) is 19.9. The predicted octanol–water partition coefficient (Wildman–Crippen LogP) is 4.04. The number of carbonyl (C=O) groups is 1. The number of thioether (sulfide) groups is 1. The summed E-state index contributed by atoms with van der Waals surface area (Å²) in [7, 11) is 1.63. The summed E-state index contributed by atoms with van der Waals surface area (Å²) >= 11 is 6.25. The molecule has 3 aromatic rings. The lowest BCUT2D eigenvalue weighted by Gasteiger charge is -2.07. The van der Waals surface area contributed by atoms with Gasteiger partial charge >= 0.3 is 0 Å². The highest BCUT2D eigenvalue weighted by molar-refractivity contribution is 9.11. The molecule has 0 bridgehead atoms. The first-order chi connectivity index (χ1) is 13.6. The van der Waals surface area contributed by atoms with E-state index in [1.165, 1.54) is 23.1 Å². The number of rotatable bonds is 8. The second kappa shape index (κ2) is 9.85. The Labute approximate surface area is 179 Å². The highest BCUT2D eigenvalue weighted by atomic mass is 79.9. The van der Waals surface area contributed by atoms with Gasteiger partial charge in [0.15, 0.2) is 11.0 Å². The van der Waals surface area contributed by atoms with Crippen LogP contribution >= 0.6 is 39.0 Å². The van der Waals surface area contributed by atoms with Gasteiger partial charge in [-0.15, -0.1) is 21.5 Å². The molecule has 1 aromatic carbocycles. The summed E-state index contributed by atoms with van der Waals surface area (Å²) in [5, 5.41) is 13.2. The molecule has 0 saturated carbocycles. The number of methoxy groups -OCH3 is 1. The van der Waals surface area contributed by atoms with Gasteiger partial charge in [-0.25, -0.2) is 5.43 Å². The van der Waals surface area contributed by atoms with Gasteiger partial charge in [-0.05, 0) is 59.3 Å². The van der Waals surface area contributed by atoms with Crippen molar-refractivity contribution in [3.8, 4) is 17.1 Å². The lowest BCUT2D eigenvalue weighted by Crippen LogP contribution is -2.19. The molecule has 28 heavy (non-hydrogen) atoms. The first-order valence-corrected chi connectivity index (χ1v) is 11.0. The van der Waals surface area contributed by atoms with Crippen LogP contribution in [0.2, 0.25) is 0 Å². The van der Waals surface area contributed by atoms with Gasteiger partial charge < -0.3 is 9.30 Å². The third-order valence-electron chi connectivity index (χ3n) is 3.69. The molecule has 10 heteroatoms. The summed E-state index contributed by atoms with van der Waals surface area (Å²) in [5.41, 5.74) is 3.47. The third-order valence-corrected chi connectivity index (χ3v) is 6.21. The fourth-order valence-electron chi connectivity index (χ4n) is 2.36. The maximum atomic E-state index is 12.0. The number of thiophene rings is 1. The molecule has 2 aromatic heterocycles. The monoisotopic (exact) mass is 479 g/mol. The number of ether oxygens (including phenoxy) is 1. The van der Waals surface area contributed by atoms with E-state index in [-0.39, 0.29) is 11.7 Å². The molecule has 0 aliphatic heterocycles. The standard InChI is InChI=1S/C18H18BrN5O2S2/c1-3-24-17(12-4-6-13(26-2)7-5-12)22-23-18(24)27-11-16(25)21-20-10-14-8-9-15(19)28-14/h4-10H,3,11H2,1-2H3,(H,21,25)/b20-10+. The van der Waals surface area contributed by atoms with Crippen molar-refractivity contribution < 1.29 is 9.53 Å². The average molecular weight is 480 g/mol. The van der Waals surface area contributed by atoms with E-state index < -0.39 is 0 Å². The molecule has 0 fully saturated rings. The smallest absolute Gasteiger partial charge is 0.250 e. The fourth-order valence-corrected chi connectivity index (χ4v) is 4.45. The van der Waals surface area contributed by atoms with E-state index in [9.17, 15) is 4.79 Å². The summed E-state index contributed by atoms with van der Waals surface area (Å²) < 4.78 is 8.18. The molecule has 0 spiro atoms. The van der Waals surface area contributed by atoms with Crippen LogP contribution in [0.1, 0.15) is 11.8 Å². The Morgan fingerprint density at radius 2 is 2.11 bits per heavy atom. The van der Waals surface area contributed by atoms with Crippen molar-refractivity contribution in [3.05, 3.63) is 45.1 Å². The molecule has 0 atom stereocenters. The van der Waals surface area contributed by atoms with Crippen LogP contribution in [-0.2, 0) is 11.3 Å². The minimum atomic E-state index is -0.200. The Bertz CT molecular complexity index is 969. The van der Waals surface area contributed by atoms with Crippen molar-refractivity contribution in [2.75, 3.05) is 12.9 Å². The summed E-state index contributed by atoms with van der Waals surface area (Å²) in [6.45, 7) is 2.72. The van der Waals surface area contributed by atoms with Crippen LogP contribution in [-0.4, -0.2) is 39.7 Å². The van der Waals surface area contributed by atoms with Gasteiger partial charge in [0.1, 0.15) is 5.75 Å². The number of benzene rings is 1. The number of hydrazone groups is 1. The largest absolute Gasteiger partial charge is 0.497 e. The lowest BCUT2D eigenvalue weighted by atomic mass is 10.2. The fraction of sp³-hybridized carbons (Fsp3) is 0.222. The summed E-state index contributed by atoms with van der Waals surface area (Å²) in [5.74, 6) is 1.54. The number of aromatic nitrogens is 3. The maximum Gasteiger partial charge on any atom is 0.250 e. The number of hydrogen-bond donors (Lipinski definition) is 1. The second-order valence-electron chi connectivity index (χ2n) is 5.50. The number of amides is 1. The van der Waals surface area contributed by atoms with E-state index >= 15 is 0 Å². The van der Waals surface area contributed by atoms with Crippen molar-refractivity contribution in [1.29, 1.82) is 0 Å². The zero-order valence-corrected chi connectivity index (χ0v) is 18.5. The molecule has 0 aliphatic carbocycles. The first kappa shape index (κ1) is 20.6. The summed E-state index contributed by atoms with van der Waals surface area (Å²) in [6, 6.07) is 11.5. The minimum Gasteiger partial charge on any atom is -0.497 e. The predicted molar refractivity (Wildman–Crippen MR) is 116 cm³/mol. The molecule has 1 amide bonds. The number of nitrogens with zero attached hydrogens (tertiary/aromatic N) is 4. The Balaban J connectivity index is 1.60. The molecule has 3 rings (SSSR count). The topological polar surface area (TPSA) is 81.4 Å². The van der Waals surface area contributed by atoms with Crippen molar-refractivity contribution >= 4 is 51.2 Å². The Hall–Kier alpha value is -2.17. The Morgan fingerprint density at radius 3 is 2.75 bits per heavy atom. The van der Waals surface area contributed by atoms with E-state index in [1.54, 1.807) is 13.3 Å². The van der Waals surface area contributed by atoms with Gasteiger partial charge in [-0.2, -0.15) is 5.10 Å². The van der Waals surface area contributed by atoms with Gasteiger partial charge in [0.2, 0.25) is 0 Å². The second-order valence-corrected chi connectivity index (χ2v) is 8.94. The van der Waals surface area contributed by atoms with E-state index in [4.69, 9.17) is 4.74 Å². The normalized spacial score (nSPS) is 11.1. The third kappa shape index (κ3) is 5.21. The zero-order valence-electron chi connectivity index (χ0n) is 15.3. The average Bonchev–Trinajstić information content (AvgIpc) is 3.32. The van der Waals surface area contributed by atoms with Gasteiger partial charge in [0.05, 0.1) is 22.9 Å². The lowest BCUT2D eigenvalue weighted by molar-refractivity contribution is -0.118. The highest BCUT2D eigenvalue weighted by Gasteiger charge is 2.14. The highest BCUT2D eigenvalue weighted by Crippen LogP contribution is 2.25. The molecule has 0 saturated heterocycles. The Morgan fingerprint density at radius 1 is 1.32 bits per heavy atom. The summed E-state index contributed by atoms with van der Waals surface area (Å²) in [6.07, 6.45) is 1.62. The van der Waals surface area contributed by atoms with Gasteiger partial charge in [0, 0.05) is 17.0 Å². The van der Waals surface area contributed by atoms with Crippen LogP contribution < -0.4 is 10.2 Å². The van der Waals surface area contributed by atoms with Crippen LogP contribution in [0, 0.1) is 0 Å². The van der Waals surface area contributed by atoms with E-state index in [1.807, 2.05) is 47.9 Å². The molecule has 146 valence electrons. The SMILES string of the molecule is CCn1c(SCC(=O)N/N=C/c2ccc(Br)s2)nnc1-c1ccc(OC)cc1. The summed E-state index contributed by atoms with van der Waals surface area (Å²) in [4.78, 5) is 13.0. The van der Waals surface area contributed by atoms with Crippen LogP contribution in [0.25, 0.3) is 11.4 Å². The van der Waals surface area contributed by atoms with E-state index in [2.05, 4.69) is 36.7 Å². The Kier molecular flexibility index (Phi) is 7.24.